The van der Waals surface area contributed by atoms with Crippen molar-refractivity contribution >= 4 is 11.3 Å². The van der Waals surface area contributed by atoms with Crippen LogP contribution in [0.15, 0.2) is 6.07 Å². The fourth-order valence-electron chi connectivity index (χ4n) is 1.84. The molecule has 0 radical (unpaired) electrons. The molecule has 0 spiro atoms. The molecule has 1 aliphatic carbocycles. The molecule has 2 rings (SSSR count). The molecule has 1 aromatic rings. The van der Waals surface area contributed by atoms with Crippen LogP contribution in [0.3, 0.4) is 0 Å². The number of hydrogen-bond acceptors (Lipinski definition) is 1. The summed E-state index contributed by atoms with van der Waals surface area (Å²) in [5.74, 6) is -2.56. The van der Waals surface area contributed by atoms with Crippen LogP contribution in [0.5, 0.6) is 0 Å². The van der Waals surface area contributed by atoms with E-state index in [1.54, 1.807) is 0 Å². The molecule has 1 aliphatic rings. The van der Waals surface area contributed by atoms with Crippen molar-refractivity contribution in [3.63, 3.8) is 0 Å². The summed E-state index contributed by atoms with van der Waals surface area (Å²) in [4.78, 5) is 1.33. The summed E-state index contributed by atoms with van der Waals surface area (Å²) in [6.07, 6.45) is 2.40. The summed E-state index contributed by atoms with van der Waals surface area (Å²) >= 11 is 1.26. The van der Waals surface area contributed by atoms with Crippen molar-refractivity contribution in [1.82, 2.24) is 0 Å². The van der Waals surface area contributed by atoms with Gasteiger partial charge in [-0.1, -0.05) is 0 Å². The SMILES string of the molecule is Cc1cc2c(s1)C(F)(F)CCCC2. The van der Waals surface area contributed by atoms with Crippen LogP contribution in [0.25, 0.3) is 0 Å². The van der Waals surface area contributed by atoms with Gasteiger partial charge in [-0.05, 0) is 37.8 Å². The number of fused-ring (bicyclic) bond motifs is 1. The smallest absolute Gasteiger partial charge is 0.200 e. The third kappa shape index (κ3) is 1.62. The van der Waals surface area contributed by atoms with Gasteiger partial charge in [0, 0.05) is 11.3 Å². The van der Waals surface area contributed by atoms with Gasteiger partial charge in [0.25, 0.3) is 5.92 Å². The molecule has 0 N–H and O–H groups in total. The Balaban J connectivity index is 2.47. The molecular formula is C10H12F2S. The highest BCUT2D eigenvalue weighted by molar-refractivity contribution is 7.12. The predicted octanol–water partition coefficient (Wildman–Crippen LogP) is 3.87. The van der Waals surface area contributed by atoms with Gasteiger partial charge in [-0.25, -0.2) is 8.78 Å². The van der Waals surface area contributed by atoms with Gasteiger partial charge in [0.05, 0.1) is 4.88 Å². The molecule has 0 aromatic carbocycles. The Morgan fingerprint density at radius 2 is 2.15 bits per heavy atom. The lowest BCUT2D eigenvalue weighted by Crippen LogP contribution is -2.10. The lowest BCUT2D eigenvalue weighted by atomic mass is 10.1. The van der Waals surface area contributed by atoms with Gasteiger partial charge in [0.1, 0.15) is 0 Å². The van der Waals surface area contributed by atoms with Crippen LogP contribution >= 0.6 is 11.3 Å². The van der Waals surface area contributed by atoms with E-state index in [-0.39, 0.29) is 6.42 Å². The van der Waals surface area contributed by atoms with Gasteiger partial charge in [0.15, 0.2) is 0 Å². The first kappa shape index (κ1) is 9.13. The third-order valence-corrected chi connectivity index (χ3v) is 3.66. The van der Waals surface area contributed by atoms with E-state index < -0.39 is 5.92 Å². The Morgan fingerprint density at radius 3 is 2.92 bits per heavy atom. The van der Waals surface area contributed by atoms with Gasteiger partial charge in [0.2, 0.25) is 0 Å². The zero-order valence-corrected chi connectivity index (χ0v) is 8.39. The molecule has 0 aliphatic heterocycles. The van der Waals surface area contributed by atoms with E-state index in [9.17, 15) is 8.78 Å². The minimum absolute atomic E-state index is 0.0277. The van der Waals surface area contributed by atoms with Crippen molar-refractivity contribution in [3.8, 4) is 0 Å². The topological polar surface area (TPSA) is 0 Å². The average Bonchev–Trinajstić information content (AvgIpc) is 2.36. The molecule has 72 valence electrons. The van der Waals surface area contributed by atoms with Crippen LogP contribution < -0.4 is 0 Å². The standard InChI is InChI=1S/C10H12F2S/c1-7-6-8-4-2-3-5-10(11,12)9(8)13-7/h6H,2-5H2,1H3. The monoisotopic (exact) mass is 202 g/mol. The van der Waals surface area contributed by atoms with Crippen molar-refractivity contribution in [2.75, 3.05) is 0 Å². The van der Waals surface area contributed by atoms with Crippen LogP contribution in [-0.2, 0) is 12.3 Å². The number of halogens is 2. The van der Waals surface area contributed by atoms with Gasteiger partial charge < -0.3 is 0 Å². The second kappa shape index (κ2) is 3.05. The van der Waals surface area contributed by atoms with Crippen molar-refractivity contribution in [1.29, 1.82) is 0 Å². The predicted molar refractivity (Wildman–Crippen MR) is 50.5 cm³/mol. The van der Waals surface area contributed by atoms with Gasteiger partial charge in [-0.15, -0.1) is 11.3 Å². The third-order valence-electron chi connectivity index (χ3n) is 2.45. The maximum Gasteiger partial charge on any atom is 0.282 e. The minimum Gasteiger partial charge on any atom is -0.200 e. The van der Waals surface area contributed by atoms with Crippen molar-refractivity contribution in [2.24, 2.45) is 0 Å². The fraction of sp³-hybridized carbons (Fsp3) is 0.600. The minimum atomic E-state index is -2.56. The van der Waals surface area contributed by atoms with E-state index in [2.05, 4.69) is 0 Å². The van der Waals surface area contributed by atoms with Crippen molar-refractivity contribution in [3.05, 3.63) is 21.4 Å². The van der Waals surface area contributed by atoms with Crippen LogP contribution in [0, 0.1) is 6.92 Å². The Morgan fingerprint density at radius 1 is 1.38 bits per heavy atom. The highest BCUT2D eigenvalue weighted by Crippen LogP contribution is 2.42. The van der Waals surface area contributed by atoms with Gasteiger partial charge in [-0.2, -0.15) is 0 Å². The molecule has 1 heterocycles. The molecule has 13 heavy (non-hydrogen) atoms. The molecular weight excluding hydrogens is 190 g/mol. The maximum absolute atomic E-state index is 13.5. The molecule has 0 amide bonds. The summed E-state index contributed by atoms with van der Waals surface area (Å²) in [7, 11) is 0. The second-order valence-corrected chi connectivity index (χ2v) is 4.88. The number of aryl methyl sites for hydroxylation is 2. The second-order valence-electron chi connectivity index (χ2n) is 3.62. The van der Waals surface area contributed by atoms with Crippen LogP contribution in [0.1, 0.15) is 34.6 Å². The molecule has 0 saturated heterocycles. The Hall–Kier alpha value is -0.440. The summed E-state index contributed by atoms with van der Waals surface area (Å²) in [6, 6.07) is 1.92. The normalized spacial score (nSPS) is 20.8. The molecule has 0 unspecified atom stereocenters. The molecule has 0 saturated carbocycles. The lowest BCUT2D eigenvalue weighted by molar-refractivity contribution is -0.00988. The first-order valence-corrected chi connectivity index (χ1v) is 5.39. The average molecular weight is 202 g/mol. The van der Waals surface area contributed by atoms with Gasteiger partial charge in [-0.3, -0.25) is 0 Å². The Kier molecular flexibility index (Phi) is 2.14. The zero-order chi connectivity index (χ0) is 9.47. The number of hydrogen-bond donors (Lipinski definition) is 0. The van der Waals surface area contributed by atoms with Crippen molar-refractivity contribution < 1.29 is 8.78 Å². The van der Waals surface area contributed by atoms with E-state index in [1.165, 1.54) is 11.3 Å². The van der Waals surface area contributed by atoms with Crippen LogP contribution in [0.2, 0.25) is 0 Å². The summed E-state index contributed by atoms with van der Waals surface area (Å²) in [6.45, 7) is 1.90. The summed E-state index contributed by atoms with van der Waals surface area (Å²) in [5.41, 5.74) is 0.880. The van der Waals surface area contributed by atoms with E-state index in [4.69, 9.17) is 0 Å². The van der Waals surface area contributed by atoms with Crippen LogP contribution in [-0.4, -0.2) is 0 Å². The Labute approximate surface area is 80.6 Å². The molecule has 3 heteroatoms. The first-order valence-electron chi connectivity index (χ1n) is 4.57. The van der Waals surface area contributed by atoms with Gasteiger partial charge >= 0.3 is 0 Å². The fourth-order valence-corrected chi connectivity index (χ4v) is 2.90. The summed E-state index contributed by atoms with van der Waals surface area (Å²) in [5, 5.41) is 0. The molecule has 0 fully saturated rings. The molecule has 0 atom stereocenters. The number of rotatable bonds is 0. The number of alkyl halides is 2. The van der Waals surface area contributed by atoms with E-state index >= 15 is 0 Å². The Bertz CT molecular complexity index is 315. The van der Waals surface area contributed by atoms with E-state index in [0.717, 1.165) is 23.3 Å². The quantitative estimate of drug-likeness (QED) is 0.560. The van der Waals surface area contributed by atoms with E-state index in [0.29, 0.717) is 11.3 Å². The lowest BCUT2D eigenvalue weighted by Gasteiger charge is -2.12. The van der Waals surface area contributed by atoms with Crippen LogP contribution in [0.4, 0.5) is 8.78 Å². The highest BCUT2D eigenvalue weighted by atomic mass is 32.1. The summed E-state index contributed by atoms with van der Waals surface area (Å²) < 4.78 is 27.0. The maximum atomic E-state index is 13.5. The highest BCUT2D eigenvalue weighted by Gasteiger charge is 2.36. The molecule has 0 bridgehead atoms. The number of thiophene rings is 1. The largest absolute Gasteiger partial charge is 0.282 e. The van der Waals surface area contributed by atoms with Crippen molar-refractivity contribution in [2.45, 2.75) is 38.5 Å². The first-order chi connectivity index (χ1) is 6.09. The molecule has 1 aromatic heterocycles. The zero-order valence-electron chi connectivity index (χ0n) is 7.57. The molecule has 0 nitrogen and oxygen atoms in total. The van der Waals surface area contributed by atoms with E-state index in [1.807, 2.05) is 13.0 Å².